The largest absolute Gasteiger partial charge is 0.466 e. The van der Waals surface area contributed by atoms with E-state index in [2.05, 4.69) is 29.4 Å². The lowest BCUT2D eigenvalue weighted by molar-refractivity contribution is 0.474. The van der Waals surface area contributed by atoms with Gasteiger partial charge in [-0.3, -0.25) is 0 Å². The van der Waals surface area contributed by atoms with Crippen LogP contribution in [0.25, 0.3) is 10.9 Å². The number of aromatic nitrogens is 1. The summed E-state index contributed by atoms with van der Waals surface area (Å²) in [6, 6.07) is 12.4. The van der Waals surface area contributed by atoms with E-state index in [1.54, 1.807) is 0 Å². The number of nitrogens with two attached hydrogens (primary N) is 1. The Labute approximate surface area is 106 Å². The van der Waals surface area contributed by atoms with Crippen LogP contribution >= 0.6 is 0 Å². The molecule has 3 rings (SSSR count). The number of rotatable bonds is 4. The number of hydrogen-bond donors (Lipinski definition) is 2. The molecule has 0 spiro atoms. The first-order valence-electron chi connectivity index (χ1n) is 6.19. The van der Waals surface area contributed by atoms with Crippen LogP contribution in [0.15, 0.2) is 47.0 Å². The molecular formula is C15H16N2O. The van der Waals surface area contributed by atoms with E-state index in [0.717, 1.165) is 24.4 Å². The van der Waals surface area contributed by atoms with Crippen molar-refractivity contribution >= 4 is 10.9 Å². The molecular weight excluding hydrogens is 224 g/mol. The van der Waals surface area contributed by atoms with Crippen molar-refractivity contribution in [2.75, 3.05) is 6.54 Å². The first-order valence-corrected chi connectivity index (χ1v) is 6.19. The first-order chi connectivity index (χ1) is 8.86. The SMILES string of the molecule is NCCc1ccc(Cc2c[nH]c3ccccc23)o1. The maximum atomic E-state index is 5.75. The maximum absolute atomic E-state index is 5.75. The van der Waals surface area contributed by atoms with Crippen LogP contribution in [0.1, 0.15) is 17.1 Å². The minimum atomic E-state index is 0.625. The molecule has 3 nitrogen and oxygen atoms in total. The van der Waals surface area contributed by atoms with E-state index in [9.17, 15) is 0 Å². The summed E-state index contributed by atoms with van der Waals surface area (Å²) in [6.07, 6.45) is 3.66. The van der Waals surface area contributed by atoms with Gasteiger partial charge < -0.3 is 15.1 Å². The molecule has 1 aromatic carbocycles. The number of furan rings is 1. The predicted octanol–water partition coefficient (Wildman–Crippen LogP) is 2.85. The molecule has 3 heteroatoms. The Morgan fingerprint density at radius 3 is 2.78 bits per heavy atom. The predicted molar refractivity (Wildman–Crippen MR) is 72.6 cm³/mol. The summed E-state index contributed by atoms with van der Waals surface area (Å²) in [5.41, 5.74) is 7.95. The van der Waals surface area contributed by atoms with Gasteiger partial charge in [0.15, 0.2) is 0 Å². The second-order valence-electron chi connectivity index (χ2n) is 4.44. The second-order valence-corrected chi connectivity index (χ2v) is 4.44. The number of para-hydroxylation sites is 1. The van der Waals surface area contributed by atoms with Crippen LogP contribution in [-0.4, -0.2) is 11.5 Å². The van der Waals surface area contributed by atoms with Crippen LogP contribution in [0.4, 0.5) is 0 Å². The van der Waals surface area contributed by atoms with Gasteiger partial charge in [-0.15, -0.1) is 0 Å². The topological polar surface area (TPSA) is 55.0 Å². The molecule has 18 heavy (non-hydrogen) atoms. The van der Waals surface area contributed by atoms with Gasteiger partial charge in [0.1, 0.15) is 11.5 Å². The van der Waals surface area contributed by atoms with E-state index in [0.29, 0.717) is 6.54 Å². The molecule has 0 aliphatic rings. The average molecular weight is 240 g/mol. The van der Waals surface area contributed by atoms with Gasteiger partial charge in [0.25, 0.3) is 0 Å². The molecule has 0 aliphatic carbocycles. The molecule has 3 N–H and O–H groups in total. The highest BCUT2D eigenvalue weighted by Gasteiger charge is 2.07. The molecule has 0 unspecified atom stereocenters. The Morgan fingerprint density at radius 2 is 1.89 bits per heavy atom. The van der Waals surface area contributed by atoms with E-state index < -0.39 is 0 Å². The number of fused-ring (bicyclic) bond motifs is 1. The number of nitrogens with one attached hydrogen (secondary N) is 1. The highest BCUT2D eigenvalue weighted by Crippen LogP contribution is 2.21. The fourth-order valence-corrected chi connectivity index (χ4v) is 2.26. The summed E-state index contributed by atoms with van der Waals surface area (Å²) in [5, 5.41) is 1.26. The zero-order valence-electron chi connectivity index (χ0n) is 10.1. The van der Waals surface area contributed by atoms with Gasteiger partial charge in [-0.1, -0.05) is 18.2 Å². The summed E-state index contributed by atoms with van der Waals surface area (Å²) in [5.74, 6) is 1.95. The van der Waals surface area contributed by atoms with Crippen molar-refractivity contribution in [2.45, 2.75) is 12.8 Å². The lowest BCUT2D eigenvalue weighted by Crippen LogP contribution is -2.01. The van der Waals surface area contributed by atoms with Crippen molar-refractivity contribution in [3.8, 4) is 0 Å². The molecule has 0 amide bonds. The number of hydrogen-bond acceptors (Lipinski definition) is 2. The van der Waals surface area contributed by atoms with E-state index in [-0.39, 0.29) is 0 Å². The van der Waals surface area contributed by atoms with Crippen molar-refractivity contribution in [1.29, 1.82) is 0 Å². The summed E-state index contributed by atoms with van der Waals surface area (Å²) in [4.78, 5) is 3.28. The van der Waals surface area contributed by atoms with Gasteiger partial charge in [0.2, 0.25) is 0 Å². The second kappa shape index (κ2) is 4.70. The average Bonchev–Trinajstić information content (AvgIpc) is 2.99. The van der Waals surface area contributed by atoms with E-state index in [1.807, 2.05) is 18.2 Å². The smallest absolute Gasteiger partial charge is 0.108 e. The van der Waals surface area contributed by atoms with E-state index in [1.165, 1.54) is 16.5 Å². The van der Waals surface area contributed by atoms with Crippen molar-refractivity contribution in [3.05, 3.63) is 59.7 Å². The Bertz CT molecular complexity index is 651. The summed E-state index contributed by atoms with van der Waals surface area (Å²) in [7, 11) is 0. The van der Waals surface area contributed by atoms with Gasteiger partial charge >= 0.3 is 0 Å². The van der Waals surface area contributed by atoms with Gasteiger partial charge in [-0.25, -0.2) is 0 Å². The van der Waals surface area contributed by atoms with Gasteiger partial charge in [0.05, 0.1) is 0 Å². The fourth-order valence-electron chi connectivity index (χ4n) is 2.26. The molecule has 0 fully saturated rings. The molecule has 0 saturated heterocycles. The highest BCUT2D eigenvalue weighted by molar-refractivity contribution is 5.83. The molecule has 0 saturated carbocycles. The third-order valence-corrected chi connectivity index (χ3v) is 3.15. The molecule has 0 aliphatic heterocycles. The standard InChI is InChI=1S/C15H16N2O/c16-8-7-12-5-6-13(18-12)9-11-10-17-15-4-2-1-3-14(11)15/h1-6,10,17H,7-9,16H2. The molecule has 2 aromatic heterocycles. The zero-order valence-corrected chi connectivity index (χ0v) is 10.1. The van der Waals surface area contributed by atoms with Crippen LogP contribution in [0.2, 0.25) is 0 Å². The lowest BCUT2D eigenvalue weighted by atomic mass is 10.1. The van der Waals surface area contributed by atoms with Crippen LogP contribution in [0, 0.1) is 0 Å². The Balaban J connectivity index is 1.87. The molecule has 0 radical (unpaired) electrons. The third kappa shape index (κ3) is 2.05. The summed E-state index contributed by atoms with van der Waals surface area (Å²) in [6.45, 7) is 0.625. The Kier molecular flexibility index (Phi) is 2.90. The molecule has 92 valence electrons. The van der Waals surface area contributed by atoms with Gasteiger partial charge in [0, 0.05) is 29.9 Å². The maximum Gasteiger partial charge on any atom is 0.108 e. The van der Waals surface area contributed by atoms with Crippen LogP contribution in [-0.2, 0) is 12.8 Å². The fraction of sp³-hybridized carbons (Fsp3) is 0.200. The molecule has 2 heterocycles. The van der Waals surface area contributed by atoms with Crippen molar-refractivity contribution in [3.63, 3.8) is 0 Å². The summed E-state index contributed by atoms with van der Waals surface area (Å²) < 4.78 is 5.75. The molecule has 3 aromatic rings. The Morgan fingerprint density at radius 1 is 1.06 bits per heavy atom. The van der Waals surface area contributed by atoms with Crippen molar-refractivity contribution in [1.82, 2.24) is 4.98 Å². The van der Waals surface area contributed by atoms with Crippen molar-refractivity contribution < 1.29 is 4.42 Å². The minimum Gasteiger partial charge on any atom is -0.466 e. The van der Waals surface area contributed by atoms with Crippen molar-refractivity contribution in [2.24, 2.45) is 5.73 Å². The van der Waals surface area contributed by atoms with Crippen LogP contribution in [0.5, 0.6) is 0 Å². The van der Waals surface area contributed by atoms with Gasteiger partial charge in [-0.2, -0.15) is 0 Å². The van der Waals surface area contributed by atoms with Crippen LogP contribution in [0.3, 0.4) is 0 Å². The minimum absolute atomic E-state index is 0.625. The van der Waals surface area contributed by atoms with E-state index >= 15 is 0 Å². The monoisotopic (exact) mass is 240 g/mol. The third-order valence-electron chi connectivity index (χ3n) is 3.15. The lowest BCUT2D eigenvalue weighted by Gasteiger charge is -1.97. The van der Waals surface area contributed by atoms with Gasteiger partial charge in [-0.05, 0) is 30.3 Å². The number of H-pyrrole nitrogens is 1. The highest BCUT2D eigenvalue weighted by atomic mass is 16.3. The quantitative estimate of drug-likeness (QED) is 0.736. The number of benzene rings is 1. The van der Waals surface area contributed by atoms with Crippen LogP contribution < -0.4 is 5.73 Å². The molecule has 0 atom stereocenters. The Hall–Kier alpha value is -2.00. The zero-order chi connectivity index (χ0) is 12.4. The normalized spacial score (nSPS) is 11.2. The summed E-state index contributed by atoms with van der Waals surface area (Å²) >= 11 is 0. The van der Waals surface area contributed by atoms with E-state index in [4.69, 9.17) is 10.2 Å². The molecule has 0 bridgehead atoms. The number of aromatic amines is 1. The first kappa shape index (κ1) is 11.1.